The van der Waals surface area contributed by atoms with Crippen molar-refractivity contribution in [3.63, 3.8) is 0 Å². The Hall–Kier alpha value is -0.793. The Balaban J connectivity index is 3.88. The summed E-state index contributed by atoms with van der Waals surface area (Å²) in [6.45, 7) is 12.2. The molecule has 0 saturated heterocycles. The van der Waals surface area contributed by atoms with Crippen LogP contribution in [-0.4, -0.2) is 31.9 Å². The van der Waals surface area contributed by atoms with E-state index >= 15 is 0 Å². The molecule has 0 aliphatic rings. The molecule has 0 radical (unpaired) electrons. The lowest BCUT2D eigenvalue weighted by molar-refractivity contribution is -0.153. The Labute approximate surface area is 112 Å². The summed E-state index contributed by atoms with van der Waals surface area (Å²) in [7, 11) is -1.36. The van der Waals surface area contributed by atoms with E-state index in [1.165, 1.54) is 0 Å². The van der Waals surface area contributed by atoms with Gasteiger partial charge in [0.15, 0.2) is 0 Å². The fraction of sp³-hybridized carbons (Fsp3) is 0.786. The van der Waals surface area contributed by atoms with Gasteiger partial charge in [0, 0.05) is 12.8 Å². The van der Waals surface area contributed by atoms with Gasteiger partial charge in [0.25, 0.3) is 0 Å². The van der Waals surface area contributed by atoms with Gasteiger partial charge in [0.1, 0.15) is 8.07 Å². The SMILES string of the molecule is CC(C)(C)C(=O)OCC[C@H](O)CC#C[Si](C)(C)C. The van der Waals surface area contributed by atoms with E-state index in [1.54, 1.807) is 0 Å². The van der Waals surface area contributed by atoms with Crippen LogP contribution in [0.3, 0.4) is 0 Å². The van der Waals surface area contributed by atoms with Crippen LogP contribution in [0.1, 0.15) is 33.6 Å². The maximum absolute atomic E-state index is 11.5. The van der Waals surface area contributed by atoms with Gasteiger partial charge in [-0.3, -0.25) is 4.79 Å². The van der Waals surface area contributed by atoms with Crippen molar-refractivity contribution >= 4 is 14.0 Å². The van der Waals surface area contributed by atoms with Crippen molar-refractivity contribution in [3.05, 3.63) is 0 Å². The number of carbonyl (C=O) groups is 1. The molecular weight excluding hydrogens is 244 g/mol. The molecule has 0 rings (SSSR count). The summed E-state index contributed by atoms with van der Waals surface area (Å²) in [4.78, 5) is 11.5. The summed E-state index contributed by atoms with van der Waals surface area (Å²) in [5.74, 6) is 2.78. The summed E-state index contributed by atoms with van der Waals surface area (Å²) in [6, 6.07) is 0. The molecule has 3 nitrogen and oxygen atoms in total. The second-order valence-corrected chi connectivity index (χ2v) is 11.3. The monoisotopic (exact) mass is 270 g/mol. The molecule has 0 heterocycles. The first-order valence-corrected chi connectivity index (χ1v) is 9.88. The molecule has 1 atom stereocenters. The fourth-order valence-corrected chi connectivity index (χ4v) is 1.67. The van der Waals surface area contributed by atoms with Gasteiger partial charge in [-0.1, -0.05) is 19.6 Å². The molecule has 0 saturated carbocycles. The lowest BCUT2D eigenvalue weighted by Gasteiger charge is -2.17. The van der Waals surface area contributed by atoms with Gasteiger partial charge in [0.05, 0.1) is 18.1 Å². The van der Waals surface area contributed by atoms with Crippen LogP contribution in [0.15, 0.2) is 0 Å². The van der Waals surface area contributed by atoms with Crippen molar-refractivity contribution in [1.82, 2.24) is 0 Å². The van der Waals surface area contributed by atoms with Crippen molar-refractivity contribution in [2.75, 3.05) is 6.61 Å². The predicted molar refractivity (Wildman–Crippen MR) is 76.8 cm³/mol. The van der Waals surface area contributed by atoms with Crippen LogP contribution in [-0.2, 0) is 9.53 Å². The number of hydrogen-bond acceptors (Lipinski definition) is 3. The van der Waals surface area contributed by atoms with E-state index in [9.17, 15) is 9.90 Å². The highest BCUT2D eigenvalue weighted by molar-refractivity contribution is 6.83. The zero-order chi connectivity index (χ0) is 14.4. The molecule has 0 aliphatic heterocycles. The third kappa shape index (κ3) is 9.26. The Morgan fingerprint density at radius 3 is 2.33 bits per heavy atom. The van der Waals surface area contributed by atoms with Crippen LogP contribution < -0.4 is 0 Å². The molecule has 104 valence electrons. The molecule has 0 spiro atoms. The molecule has 0 fully saturated rings. The highest BCUT2D eigenvalue weighted by atomic mass is 28.3. The highest BCUT2D eigenvalue weighted by Gasteiger charge is 2.22. The average Bonchev–Trinajstić information content (AvgIpc) is 2.13. The van der Waals surface area contributed by atoms with Crippen molar-refractivity contribution < 1.29 is 14.6 Å². The van der Waals surface area contributed by atoms with E-state index in [4.69, 9.17) is 4.74 Å². The van der Waals surface area contributed by atoms with Crippen molar-refractivity contribution in [3.8, 4) is 11.5 Å². The third-order valence-corrected chi connectivity index (χ3v) is 3.02. The first kappa shape index (κ1) is 17.2. The topological polar surface area (TPSA) is 46.5 Å². The minimum Gasteiger partial charge on any atom is -0.465 e. The van der Waals surface area contributed by atoms with Gasteiger partial charge in [-0.25, -0.2) is 0 Å². The number of hydrogen-bond donors (Lipinski definition) is 1. The zero-order valence-corrected chi connectivity index (χ0v) is 13.5. The van der Waals surface area contributed by atoms with Crippen LogP contribution in [0.4, 0.5) is 0 Å². The first-order valence-electron chi connectivity index (χ1n) is 6.38. The van der Waals surface area contributed by atoms with Crippen molar-refractivity contribution in [2.24, 2.45) is 5.41 Å². The molecule has 0 aromatic rings. The zero-order valence-electron chi connectivity index (χ0n) is 12.5. The van der Waals surface area contributed by atoms with E-state index in [1.807, 2.05) is 20.8 Å². The number of ether oxygens (including phenoxy) is 1. The number of rotatable bonds is 4. The lowest BCUT2D eigenvalue weighted by atomic mass is 9.97. The average molecular weight is 270 g/mol. The first-order chi connectivity index (χ1) is 8.02. The van der Waals surface area contributed by atoms with Crippen LogP contribution >= 0.6 is 0 Å². The van der Waals surface area contributed by atoms with Gasteiger partial charge in [-0.2, -0.15) is 0 Å². The molecule has 1 N–H and O–H groups in total. The Morgan fingerprint density at radius 1 is 1.33 bits per heavy atom. The molecule has 0 unspecified atom stereocenters. The van der Waals surface area contributed by atoms with E-state index in [2.05, 4.69) is 31.1 Å². The standard InChI is InChI=1S/C14H26O3Si/c1-14(2,3)13(16)17-10-9-12(15)8-7-11-18(4,5)6/h12,15H,8-10H2,1-6H3/t12-/m1/s1. The van der Waals surface area contributed by atoms with E-state index < -0.39 is 19.6 Å². The maximum atomic E-state index is 11.5. The summed E-state index contributed by atoms with van der Waals surface area (Å²) >= 11 is 0. The highest BCUT2D eigenvalue weighted by Crippen LogP contribution is 2.15. The van der Waals surface area contributed by atoms with E-state index in [0.717, 1.165) is 0 Å². The molecule has 0 amide bonds. The number of aliphatic hydroxyl groups is 1. The van der Waals surface area contributed by atoms with E-state index in [0.29, 0.717) is 12.8 Å². The maximum Gasteiger partial charge on any atom is 0.311 e. The molecular formula is C14H26O3Si. The molecule has 0 bridgehead atoms. The summed E-state index contributed by atoms with van der Waals surface area (Å²) < 4.78 is 5.09. The summed E-state index contributed by atoms with van der Waals surface area (Å²) in [6.07, 6.45) is 0.390. The van der Waals surface area contributed by atoms with Gasteiger partial charge >= 0.3 is 5.97 Å². The Kier molecular flexibility index (Phi) is 6.65. The minimum atomic E-state index is -1.36. The fourth-order valence-electron chi connectivity index (χ4n) is 1.04. The molecule has 4 heteroatoms. The number of carbonyl (C=O) groups excluding carboxylic acids is 1. The largest absolute Gasteiger partial charge is 0.465 e. The van der Waals surface area contributed by atoms with Gasteiger partial charge < -0.3 is 9.84 Å². The van der Waals surface area contributed by atoms with Crippen molar-refractivity contribution in [1.29, 1.82) is 0 Å². The normalized spacial score (nSPS) is 13.5. The van der Waals surface area contributed by atoms with Gasteiger partial charge in [0.2, 0.25) is 0 Å². The predicted octanol–water partition coefficient (Wildman–Crippen LogP) is 2.60. The number of esters is 1. The lowest BCUT2D eigenvalue weighted by Crippen LogP contribution is -2.24. The molecule has 0 aliphatic carbocycles. The Morgan fingerprint density at radius 2 is 1.89 bits per heavy atom. The number of aliphatic hydroxyl groups excluding tert-OH is 1. The quantitative estimate of drug-likeness (QED) is 0.485. The van der Waals surface area contributed by atoms with Gasteiger partial charge in [-0.15, -0.1) is 11.5 Å². The second-order valence-electron chi connectivity index (χ2n) is 6.58. The summed E-state index contributed by atoms with van der Waals surface area (Å²) in [5, 5.41) is 9.68. The molecule has 0 aromatic heterocycles. The van der Waals surface area contributed by atoms with Crippen LogP contribution in [0.5, 0.6) is 0 Å². The van der Waals surface area contributed by atoms with Crippen LogP contribution in [0.25, 0.3) is 0 Å². The van der Waals surface area contributed by atoms with Crippen LogP contribution in [0.2, 0.25) is 19.6 Å². The van der Waals surface area contributed by atoms with Crippen molar-refractivity contribution in [2.45, 2.75) is 59.4 Å². The minimum absolute atomic E-state index is 0.233. The smallest absolute Gasteiger partial charge is 0.311 e. The second kappa shape index (κ2) is 6.96. The summed E-state index contributed by atoms with van der Waals surface area (Å²) in [5.41, 5.74) is 2.71. The molecule has 0 aromatic carbocycles. The van der Waals surface area contributed by atoms with Crippen LogP contribution in [0, 0.1) is 16.9 Å². The van der Waals surface area contributed by atoms with Gasteiger partial charge in [-0.05, 0) is 20.8 Å². The Bertz CT molecular complexity index is 326. The molecule has 18 heavy (non-hydrogen) atoms. The third-order valence-electron chi connectivity index (χ3n) is 2.10. The van der Waals surface area contributed by atoms with E-state index in [-0.39, 0.29) is 12.6 Å².